The fourth-order valence-corrected chi connectivity index (χ4v) is 2.04. The molecule has 0 fully saturated rings. The van der Waals surface area contributed by atoms with Crippen molar-refractivity contribution in [3.05, 3.63) is 35.1 Å². The van der Waals surface area contributed by atoms with Crippen molar-refractivity contribution in [1.29, 1.82) is 0 Å². The number of rotatable bonds is 1. The number of hydrogen-bond acceptors (Lipinski definition) is 3. The summed E-state index contributed by atoms with van der Waals surface area (Å²) in [7, 11) is 1.38. The minimum Gasteiger partial charge on any atom is -0.465 e. The lowest BCUT2D eigenvalue weighted by atomic mass is 9.86. The van der Waals surface area contributed by atoms with Crippen molar-refractivity contribution in [2.45, 2.75) is 33.1 Å². The van der Waals surface area contributed by atoms with E-state index in [1.54, 1.807) is 6.92 Å². The minimum atomic E-state index is -0.352. The van der Waals surface area contributed by atoms with E-state index in [2.05, 4.69) is 20.8 Å². The van der Waals surface area contributed by atoms with Crippen LogP contribution in [0.5, 0.6) is 0 Å². The summed E-state index contributed by atoms with van der Waals surface area (Å²) in [5, 5.41) is 0.812. The lowest BCUT2D eigenvalue weighted by Crippen LogP contribution is -2.10. The van der Waals surface area contributed by atoms with Crippen LogP contribution < -0.4 is 0 Å². The fraction of sp³-hybridized carbons (Fsp3) is 0.400. The summed E-state index contributed by atoms with van der Waals surface area (Å²) >= 11 is 0. The zero-order valence-corrected chi connectivity index (χ0v) is 11.5. The van der Waals surface area contributed by atoms with Gasteiger partial charge >= 0.3 is 5.97 Å². The molecule has 0 amide bonds. The van der Waals surface area contributed by atoms with E-state index in [0.717, 1.165) is 11.0 Å². The van der Waals surface area contributed by atoms with Crippen molar-refractivity contribution in [3.8, 4) is 0 Å². The molecule has 2 rings (SSSR count). The lowest BCUT2D eigenvalue weighted by molar-refractivity contribution is 0.0601. The van der Waals surface area contributed by atoms with Crippen molar-refractivity contribution in [1.82, 2.24) is 0 Å². The van der Waals surface area contributed by atoms with Crippen LogP contribution in [-0.2, 0) is 10.2 Å². The molecule has 0 aliphatic rings. The number of benzene rings is 1. The third-order valence-electron chi connectivity index (χ3n) is 3.12. The van der Waals surface area contributed by atoms with E-state index in [9.17, 15) is 4.79 Å². The second-order valence-electron chi connectivity index (χ2n) is 5.49. The summed E-state index contributed by atoms with van der Waals surface area (Å²) in [5.74, 6) is 0.248. The third kappa shape index (κ3) is 2.01. The highest BCUT2D eigenvalue weighted by molar-refractivity contribution is 6.04. The summed E-state index contributed by atoms with van der Waals surface area (Å²) in [5.41, 5.74) is 2.49. The van der Waals surface area contributed by atoms with Crippen LogP contribution in [0.1, 0.15) is 42.5 Å². The Morgan fingerprint density at radius 2 is 1.94 bits per heavy atom. The van der Waals surface area contributed by atoms with E-state index in [1.807, 2.05) is 18.2 Å². The minimum absolute atomic E-state index is 0.0559. The van der Waals surface area contributed by atoms with E-state index >= 15 is 0 Å². The number of ether oxygens (including phenoxy) is 1. The maximum Gasteiger partial charge on any atom is 0.342 e. The first-order chi connectivity index (χ1) is 8.34. The molecular weight excluding hydrogens is 228 g/mol. The molecule has 0 radical (unpaired) electrons. The highest BCUT2D eigenvalue weighted by Crippen LogP contribution is 2.31. The second kappa shape index (κ2) is 4.16. The molecule has 3 heteroatoms. The molecule has 1 heterocycles. The van der Waals surface area contributed by atoms with Crippen molar-refractivity contribution >= 4 is 16.9 Å². The molecule has 0 aliphatic carbocycles. The quantitative estimate of drug-likeness (QED) is 0.718. The number of furan rings is 1. The van der Waals surface area contributed by atoms with E-state index < -0.39 is 0 Å². The van der Waals surface area contributed by atoms with E-state index in [0.29, 0.717) is 11.3 Å². The van der Waals surface area contributed by atoms with Gasteiger partial charge in [0.1, 0.15) is 16.9 Å². The average molecular weight is 246 g/mol. The van der Waals surface area contributed by atoms with Crippen molar-refractivity contribution in [2.75, 3.05) is 7.11 Å². The van der Waals surface area contributed by atoms with Crippen LogP contribution in [0.2, 0.25) is 0 Å². The Morgan fingerprint density at radius 3 is 2.50 bits per heavy atom. The van der Waals surface area contributed by atoms with Gasteiger partial charge in [-0.05, 0) is 30.0 Å². The number of carbonyl (C=O) groups is 1. The highest BCUT2D eigenvalue weighted by Gasteiger charge is 2.21. The maximum absolute atomic E-state index is 11.7. The molecule has 1 aromatic heterocycles. The predicted molar refractivity (Wildman–Crippen MR) is 71.0 cm³/mol. The van der Waals surface area contributed by atoms with Gasteiger partial charge < -0.3 is 9.15 Å². The summed E-state index contributed by atoms with van der Waals surface area (Å²) in [6.07, 6.45) is 0. The summed E-state index contributed by atoms with van der Waals surface area (Å²) < 4.78 is 10.4. The van der Waals surface area contributed by atoms with Gasteiger partial charge in [-0.15, -0.1) is 0 Å². The van der Waals surface area contributed by atoms with Gasteiger partial charge in [-0.3, -0.25) is 0 Å². The number of carbonyl (C=O) groups excluding carboxylic acids is 1. The van der Waals surface area contributed by atoms with Gasteiger partial charge in [-0.2, -0.15) is 0 Å². The molecule has 0 saturated heterocycles. The van der Waals surface area contributed by atoms with E-state index in [4.69, 9.17) is 9.15 Å². The number of aryl methyl sites for hydroxylation is 1. The van der Waals surface area contributed by atoms with Crippen LogP contribution in [-0.4, -0.2) is 13.1 Å². The zero-order valence-electron chi connectivity index (χ0n) is 11.5. The highest BCUT2D eigenvalue weighted by atomic mass is 16.5. The smallest absolute Gasteiger partial charge is 0.342 e. The molecule has 0 saturated carbocycles. The first-order valence-electron chi connectivity index (χ1n) is 5.96. The van der Waals surface area contributed by atoms with Gasteiger partial charge in [-0.25, -0.2) is 4.79 Å². The number of hydrogen-bond donors (Lipinski definition) is 0. The monoisotopic (exact) mass is 246 g/mol. The van der Waals surface area contributed by atoms with Crippen LogP contribution in [0, 0.1) is 6.92 Å². The zero-order chi connectivity index (χ0) is 13.5. The molecule has 2 aromatic rings. The Hall–Kier alpha value is -1.77. The molecule has 3 nitrogen and oxygen atoms in total. The predicted octanol–water partition coefficient (Wildman–Crippen LogP) is 3.83. The normalized spacial score (nSPS) is 11.8. The Bertz CT molecular complexity index is 600. The van der Waals surface area contributed by atoms with Gasteiger partial charge in [0.05, 0.1) is 7.11 Å². The Balaban J connectivity index is 2.65. The molecular formula is C15H18O3. The third-order valence-corrected chi connectivity index (χ3v) is 3.12. The Kier molecular flexibility index (Phi) is 2.93. The Morgan fingerprint density at radius 1 is 1.28 bits per heavy atom. The SMILES string of the molecule is COC(=O)c1c(C)oc2cc(C(C)(C)C)ccc12. The number of esters is 1. The standard InChI is InChI=1S/C15H18O3/c1-9-13(14(16)17-5)11-7-6-10(15(2,3)4)8-12(11)18-9/h6-8H,1-5H3. The number of fused-ring (bicyclic) bond motifs is 1. The van der Waals surface area contributed by atoms with Gasteiger partial charge in [0.2, 0.25) is 0 Å². The molecule has 0 unspecified atom stereocenters. The summed E-state index contributed by atoms with van der Waals surface area (Å²) in [4.78, 5) is 11.7. The molecule has 1 aromatic carbocycles. The molecule has 0 bridgehead atoms. The van der Waals surface area contributed by atoms with E-state index in [-0.39, 0.29) is 11.4 Å². The molecule has 18 heavy (non-hydrogen) atoms. The lowest BCUT2D eigenvalue weighted by Gasteiger charge is -2.18. The number of methoxy groups -OCH3 is 1. The van der Waals surface area contributed by atoms with Crippen molar-refractivity contribution in [2.24, 2.45) is 0 Å². The van der Waals surface area contributed by atoms with Crippen molar-refractivity contribution in [3.63, 3.8) is 0 Å². The average Bonchev–Trinajstić information content (AvgIpc) is 2.61. The summed E-state index contributed by atoms with van der Waals surface area (Å²) in [6, 6.07) is 5.96. The van der Waals surface area contributed by atoms with Crippen LogP contribution in [0.15, 0.2) is 22.6 Å². The van der Waals surface area contributed by atoms with Crippen molar-refractivity contribution < 1.29 is 13.9 Å². The van der Waals surface area contributed by atoms with Crippen LogP contribution in [0.25, 0.3) is 11.0 Å². The van der Waals surface area contributed by atoms with Gasteiger partial charge in [-0.1, -0.05) is 26.8 Å². The molecule has 0 spiro atoms. The van der Waals surface area contributed by atoms with Crippen LogP contribution >= 0.6 is 0 Å². The van der Waals surface area contributed by atoms with E-state index in [1.165, 1.54) is 12.7 Å². The van der Waals surface area contributed by atoms with Gasteiger partial charge in [0, 0.05) is 5.39 Å². The van der Waals surface area contributed by atoms with Gasteiger partial charge in [0.25, 0.3) is 0 Å². The first-order valence-corrected chi connectivity index (χ1v) is 5.96. The first kappa shape index (κ1) is 12.7. The summed E-state index contributed by atoms with van der Waals surface area (Å²) in [6.45, 7) is 8.21. The maximum atomic E-state index is 11.7. The topological polar surface area (TPSA) is 39.4 Å². The molecule has 0 atom stereocenters. The second-order valence-corrected chi connectivity index (χ2v) is 5.49. The van der Waals surface area contributed by atoms with Gasteiger partial charge in [0.15, 0.2) is 0 Å². The fourth-order valence-electron chi connectivity index (χ4n) is 2.04. The largest absolute Gasteiger partial charge is 0.465 e. The molecule has 0 aliphatic heterocycles. The molecule has 0 N–H and O–H groups in total. The van der Waals surface area contributed by atoms with Crippen LogP contribution in [0.4, 0.5) is 0 Å². The molecule has 96 valence electrons. The van der Waals surface area contributed by atoms with Crippen LogP contribution in [0.3, 0.4) is 0 Å². The Labute approximate surface area is 107 Å².